The summed E-state index contributed by atoms with van der Waals surface area (Å²) in [5, 5.41) is 6.23. The van der Waals surface area contributed by atoms with Crippen LogP contribution in [0.4, 0.5) is 0 Å². The van der Waals surface area contributed by atoms with Gasteiger partial charge in [-0.1, -0.05) is 0 Å². The first kappa shape index (κ1) is 22.4. The Balaban J connectivity index is 1.60. The molecular formula is C17H34N4O5S. The third kappa shape index (κ3) is 9.20. The zero-order valence-corrected chi connectivity index (χ0v) is 17.2. The van der Waals surface area contributed by atoms with E-state index in [0.29, 0.717) is 32.3 Å². The second kappa shape index (κ2) is 11.8. The maximum Gasteiger partial charge on any atom is 0.213 e. The van der Waals surface area contributed by atoms with Crippen molar-refractivity contribution in [3.63, 3.8) is 0 Å². The zero-order valence-electron chi connectivity index (χ0n) is 16.4. The van der Waals surface area contributed by atoms with E-state index in [1.165, 1.54) is 0 Å². The van der Waals surface area contributed by atoms with Crippen LogP contribution in [0.3, 0.4) is 0 Å². The first-order chi connectivity index (χ1) is 13.0. The standard InChI is InChI=1S/C17H34N4O5S/c1-14(12-26-16-6-9-24-13-16)21-17(18-2)19-7-10-27(22,23)20-11-15-5-3-4-8-25-15/h14-16,20H,3-13H2,1-2H3,(H2,18,19,21). The molecule has 0 saturated carbocycles. The Morgan fingerprint density at radius 1 is 1.30 bits per heavy atom. The summed E-state index contributed by atoms with van der Waals surface area (Å²) in [6, 6.07) is 0.0509. The second-order valence-electron chi connectivity index (χ2n) is 7.02. The van der Waals surface area contributed by atoms with Gasteiger partial charge in [-0.3, -0.25) is 4.99 Å². The van der Waals surface area contributed by atoms with Crippen molar-refractivity contribution < 1.29 is 22.6 Å². The van der Waals surface area contributed by atoms with Crippen LogP contribution < -0.4 is 15.4 Å². The Hall–Kier alpha value is -0.940. The third-order valence-electron chi connectivity index (χ3n) is 4.54. The molecule has 0 aromatic heterocycles. The van der Waals surface area contributed by atoms with Crippen molar-refractivity contribution in [2.45, 2.75) is 50.9 Å². The summed E-state index contributed by atoms with van der Waals surface area (Å²) in [6.07, 6.45) is 4.12. The van der Waals surface area contributed by atoms with Crippen molar-refractivity contribution in [1.82, 2.24) is 15.4 Å². The van der Waals surface area contributed by atoms with E-state index in [1.54, 1.807) is 7.05 Å². The lowest BCUT2D eigenvalue weighted by Gasteiger charge is -2.23. The van der Waals surface area contributed by atoms with Gasteiger partial charge in [0.1, 0.15) is 0 Å². The number of aliphatic imine (C=N–C) groups is 1. The maximum absolute atomic E-state index is 12.1. The van der Waals surface area contributed by atoms with Crippen LogP contribution in [0.1, 0.15) is 32.6 Å². The molecule has 27 heavy (non-hydrogen) atoms. The van der Waals surface area contributed by atoms with Gasteiger partial charge >= 0.3 is 0 Å². The third-order valence-corrected chi connectivity index (χ3v) is 5.89. The van der Waals surface area contributed by atoms with Crippen molar-refractivity contribution in [2.75, 3.05) is 52.3 Å². The molecule has 0 radical (unpaired) electrons. The van der Waals surface area contributed by atoms with E-state index in [2.05, 4.69) is 20.3 Å². The molecule has 2 fully saturated rings. The highest BCUT2D eigenvalue weighted by Crippen LogP contribution is 2.11. The van der Waals surface area contributed by atoms with Crippen molar-refractivity contribution in [2.24, 2.45) is 4.99 Å². The number of sulfonamides is 1. The fourth-order valence-corrected chi connectivity index (χ4v) is 3.91. The van der Waals surface area contributed by atoms with Gasteiger partial charge in [-0.25, -0.2) is 13.1 Å². The van der Waals surface area contributed by atoms with Crippen molar-refractivity contribution >= 4 is 16.0 Å². The quantitative estimate of drug-likeness (QED) is 0.341. The minimum Gasteiger partial charge on any atom is -0.379 e. The van der Waals surface area contributed by atoms with Crippen LogP contribution in [0.25, 0.3) is 0 Å². The van der Waals surface area contributed by atoms with Crippen LogP contribution >= 0.6 is 0 Å². The smallest absolute Gasteiger partial charge is 0.213 e. The summed E-state index contributed by atoms with van der Waals surface area (Å²) >= 11 is 0. The van der Waals surface area contributed by atoms with Gasteiger partial charge < -0.3 is 24.8 Å². The summed E-state index contributed by atoms with van der Waals surface area (Å²) < 4.78 is 43.5. The van der Waals surface area contributed by atoms with Gasteiger partial charge in [-0.05, 0) is 32.6 Å². The van der Waals surface area contributed by atoms with Gasteiger partial charge in [0.15, 0.2) is 5.96 Å². The highest BCUT2D eigenvalue weighted by molar-refractivity contribution is 7.89. The molecule has 3 N–H and O–H groups in total. The van der Waals surface area contributed by atoms with Crippen LogP contribution in [0.2, 0.25) is 0 Å². The average molecular weight is 407 g/mol. The van der Waals surface area contributed by atoms with E-state index in [1.807, 2.05) is 6.92 Å². The van der Waals surface area contributed by atoms with Crippen LogP contribution in [0.5, 0.6) is 0 Å². The summed E-state index contributed by atoms with van der Waals surface area (Å²) in [6.45, 7) is 5.26. The molecule has 9 nitrogen and oxygen atoms in total. The van der Waals surface area contributed by atoms with Gasteiger partial charge in [-0.2, -0.15) is 0 Å². The van der Waals surface area contributed by atoms with Crippen molar-refractivity contribution in [3.8, 4) is 0 Å². The summed E-state index contributed by atoms with van der Waals surface area (Å²) in [5.41, 5.74) is 0. The van der Waals surface area contributed by atoms with Crippen LogP contribution in [-0.4, -0.2) is 84.9 Å². The maximum atomic E-state index is 12.1. The van der Waals surface area contributed by atoms with Crippen LogP contribution in [0.15, 0.2) is 4.99 Å². The molecule has 2 heterocycles. The van der Waals surface area contributed by atoms with E-state index in [4.69, 9.17) is 14.2 Å². The zero-order chi connectivity index (χ0) is 19.5. The lowest BCUT2D eigenvalue weighted by atomic mass is 10.1. The Morgan fingerprint density at radius 3 is 2.81 bits per heavy atom. The van der Waals surface area contributed by atoms with Gasteiger partial charge in [-0.15, -0.1) is 0 Å². The molecule has 3 atom stereocenters. The predicted molar refractivity (Wildman–Crippen MR) is 105 cm³/mol. The number of hydrogen-bond acceptors (Lipinski definition) is 6. The average Bonchev–Trinajstić information content (AvgIpc) is 3.18. The molecule has 158 valence electrons. The molecule has 2 saturated heterocycles. The molecule has 0 bridgehead atoms. The van der Waals surface area contributed by atoms with Crippen LogP contribution in [0, 0.1) is 0 Å². The predicted octanol–water partition coefficient (Wildman–Crippen LogP) is -0.166. The molecule has 0 aromatic carbocycles. The van der Waals surface area contributed by atoms with Crippen molar-refractivity contribution in [1.29, 1.82) is 0 Å². The Morgan fingerprint density at radius 2 is 2.15 bits per heavy atom. The molecule has 0 aliphatic carbocycles. The van der Waals surface area contributed by atoms with Gasteiger partial charge in [0.2, 0.25) is 10.0 Å². The Labute approximate surface area is 162 Å². The normalized spacial score (nSPS) is 25.3. The molecule has 0 spiro atoms. The molecule has 0 amide bonds. The largest absolute Gasteiger partial charge is 0.379 e. The lowest BCUT2D eigenvalue weighted by Crippen LogP contribution is -2.46. The lowest BCUT2D eigenvalue weighted by molar-refractivity contribution is 0.0200. The number of rotatable bonds is 10. The fourth-order valence-electron chi connectivity index (χ4n) is 2.96. The molecule has 0 aromatic rings. The number of guanidine groups is 1. The van der Waals surface area contributed by atoms with E-state index in [0.717, 1.165) is 32.3 Å². The number of ether oxygens (including phenoxy) is 3. The number of nitrogens with zero attached hydrogens (tertiary/aromatic N) is 1. The SMILES string of the molecule is CN=C(NCCS(=O)(=O)NCC1CCCCO1)NC(C)COC1CCOC1. The number of hydrogen-bond donors (Lipinski definition) is 3. The Kier molecular flexibility index (Phi) is 9.77. The highest BCUT2D eigenvalue weighted by Gasteiger charge is 2.19. The topological polar surface area (TPSA) is 110 Å². The molecule has 10 heteroatoms. The van der Waals surface area contributed by atoms with Gasteiger partial charge in [0.25, 0.3) is 0 Å². The van der Waals surface area contributed by atoms with E-state index < -0.39 is 10.0 Å². The first-order valence-corrected chi connectivity index (χ1v) is 11.4. The van der Waals surface area contributed by atoms with Gasteiger partial charge in [0.05, 0.1) is 31.2 Å². The Bertz CT molecular complexity index is 546. The minimum absolute atomic E-state index is 0.0120. The first-order valence-electron chi connectivity index (χ1n) is 9.74. The number of nitrogens with one attached hydrogen (secondary N) is 3. The monoisotopic (exact) mass is 406 g/mol. The minimum atomic E-state index is -3.35. The molecule has 2 aliphatic rings. The molecule has 2 aliphatic heterocycles. The fraction of sp³-hybridized carbons (Fsp3) is 0.941. The summed E-state index contributed by atoms with van der Waals surface area (Å²) in [5.74, 6) is 0.532. The molecule has 3 unspecified atom stereocenters. The van der Waals surface area contributed by atoms with Crippen LogP contribution in [-0.2, 0) is 24.2 Å². The summed E-state index contributed by atoms with van der Waals surface area (Å²) in [4.78, 5) is 4.13. The van der Waals surface area contributed by atoms with Gasteiger partial charge in [0, 0.05) is 39.4 Å². The molecule has 2 rings (SSSR count). The summed E-state index contributed by atoms with van der Waals surface area (Å²) in [7, 11) is -1.69. The second-order valence-corrected chi connectivity index (χ2v) is 8.95. The van der Waals surface area contributed by atoms with E-state index in [-0.39, 0.29) is 30.5 Å². The van der Waals surface area contributed by atoms with Crippen molar-refractivity contribution in [3.05, 3.63) is 0 Å². The van der Waals surface area contributed by atoms with E-state index >= 15 is 0 Å². The van der Waals surface area contributed by atoms with E-state index in [9.17, 15) is 8.42 Å². The highest BCUT2D eigenvalue weighted by atomic mass is 32.2. The molecular weight excluding hydrogens is 372 g/mol.